The van der Waals surface area contributed by atoms with Crippen LogP contribution in [0.15, 0.2) is 92.0 Å². The smallest absolute Gasteiger partial charge is 0.160 e. The molecule has 0 aliphatic carbocycles. The second-order valence-corrected chi connectivity index (χ2v) is 12.0. The molecular weight excluding hydrogens is 352 g/mol. The second-order valence-electron chi connectivity index (χ2n) is 6.58. The van der Waals surface area contributed by atoms with Crippen LogP contribution in [0.4, 0.5) is 0 Å². The van der Waals surface area contributed by atoms with Crippen molar-refractivity contribution < 1.29 is 0 Å². The Bertz CT molecular complexity index is 811. The van der Waals surface area contributed by atoms with Crippen LogP contribution in [0.3, 0.4) is 0 Å². The molecular formula is C24H23ClSi. The summed E-state index contributed by atoms with van der Waals surface area (Å²) in [6.45, 7) is 7.66. The molecule has 0 aromatic heterocycles. The highest BCUT2D eigenvalue weighted by Gasteiger charge is 2.33. The summed E-state index contributed by atoms with van der Waals surface area (Å²) in [4.78, 5) is 0. The highest BCUT2D eigenvalue weighted by molar-refractivity contribution is 7.26. The monoisotopic (exact) mass is 374 g/mol. The van der Waals surface area contributed by atoms with Gasteiger partial charge in [-0.1, -0.05) is 104 Å². The zero-order valence-electron chi connectivity index (χ0n) is 14.9. The molecule has 130 valence electrons. The largest absolute Gasteiger partial charge is 0.195 e. The predicted molar refractivity (Wildman–Crippen MR) is 118 cm³/mol. The first-order valence-electron chi connectivity index (χ1n) is 8.80. The molecule has 0 saturated carbocycles. The minimum atomic E-state index is -2.24. The summed E-state index contributed by atoms with van der Waals surface area (Å²) in [7, 11) is -2.24. The molecule has 0 unspecified atom stereocenters. The van der Waals surface area contributed by atoms with Gasteiger partial charge in [-0.2, -0.15) is 11.1 Å². The lowest BCUT2D eigenvalue weighted by Crippen LogP contribution is -2.47. The van der Waals surface area contributed by atoms with Crippen LogP contribution in [0.5, 0.6) is 0 Å². The van der Waals surface area contributed by atoms with E-state index in [1.807, 2.05) is 18.2 Å². The predicted octanol–water partition coefficient (Wildman–Crippen LogP) is 5.93. The lowest BCUT2D eigenvalue weighted by atomic mass is 10.1. The first-order valence-corrected chi connectivity index (χ1v) is 12.2. The van der Waals surface area contributed by atoms with Crippen LogP contribution >= 0.6 is 11.1 Å². The summed E-state index contributed by atoms with van der Waals surface area (Å²) in [6, 6.07) is 29.5. The molecule has 0 heterocycles. The molecule has 2 heteroatoms. The molecule has 0 atom stereocenters. The Kier molecular flexibility index (Phi) is 5.92. The molecule has 26 heavy (non-hydrogen) atoms. The van der Waals surface area contributed by atoms with E-state index in [1.165, 1.54) is 16.3 Å². The van der Waals surface area contributed by atoms with Gasteiger partial charge in [-0.15, -0.1) is 0 Å². The fraction of sp³-hybridized carbons (Fsp3) is 0.0833. The Labute approximate surface area is 162 Å². The third-order valence-corrected chi connectivity index (χ3v) is 9.45. The number of halogens is 1. The van der Waals surface area contributed by atoms with Crippen LogP contribution in [0, 0.1) is 0 Å². The Morgan fingerprint density at radius 3 is 1.46 bits per heavy atom. The van der Waals surface area contributed by atoms with Gasteiger partial charge in [0.15, 0.2) is 7.38 Å². The van der Waals surface area contributed by atoms with E-state index in [1.54, 1.807) is 0 Å². The van der Waals surface area contributed by atoms with Crippen molar-refractivity contribution in [3.05, 3.63) is 114 Å². The van der Waals surface area contributed by atoms with E-state index in [2.05, 4.69) is 86.0 Å². The van der Waals surface area contributed by atoms with Crippen molar-refractivity contribution in [1.82, 2.24) is 0 Å². The molecule has 0 amide bonds. The maximum Gasteiger partial charge on any atom is 0.195 e. The minimum absolute atomic E-state index is 0.902. The van der Waals surface area contributed by atoms with E-state index < -0.39 is 7.38 Å². The summed E-state index contributed by atoms with van der Waals surface area (Å²) in [5.74, 6) is 0. The van der Waals surface area contributed by atoms with E-state index in [9.17, 15) is 0 Å². The van der Waals surface area contributed by atoms with Crippen molar-refractivity contribution in [1.29, 1.82) is 0 Å². The Hall–Kier alpha value is -2.35. The second kappa shape index (κ2) is 8.35. The fourth-order valence-electron chi connectivity index (χ4n) is 3.19. The molecule has 0 spiro atoms. The zero-order chi connectivity index (χ0) is 18.4. The summed E-state index contributed by atoms with van der Waals surface area (Å²) >= 11 is 7.38. The summed E-state index contributed by atoms with van der Waals surface area (Å²) in [6.07, 6.45) is 3.74. The molecule has 3 rings (SSSR count). The number of hydrogen-bond donors (Lipinski definition) is 0. The summed E-state index contributed by atoms with van der Waals surface area (Å²) in [5.41, 5.74) is 4.83. The van der Waals surface area contributed by atoms with Crippen molar-refractivity contribution in [2.45, 2.75) is 12.1 Å². The van der Waals surface area contributed by atoms with Gasteiger partial charge in [-0.3, -0.25) is 0 Å². The topological polar surface area (TPSA) is 0 Å². The first-order chi connectivity index (χ1) is 12.6. The summed E-state index contributed by atoms with van der Waals surface area (Å²) in [5, 5.41) is 1.28. The number of benzene rings is 3. The minimum Gasteiger partial charge on any atom is -0.160 e. The van der Waals surface area contributed by atoms with Crippen molar-refractivity contribution in [2.24, 2.45) is 0 Å². The maximum absolute atomic E-state index is 7.38. The van der Waals surface area contributed by atoms with E-state index in [0.717, 1.165) is 23.2 Å². The molecule has 3 aromatic rings. The number of rotatable bonds is 7. The molecule has 0 aliphatic rings. The normalized spacial score (nSPS) is 11.1. The van der Waals surface area contributed by atoms with Gasteiger partial charge in [0.1, 0.15) is 0 Å². The van der Waals surface area contributed by atoms with Crippen LogP contribution in [0.1, 0.15) is 22.3 Å². The van der Waals surface area contributed by atoms with Gasteiger partial charge in [0.2, 0.25) is 0 Å². The van der Waals surface area contributed by atoms with E-state index >= 15 is 0 Å². The van der Waals surface area contributed by atoms with E-state index in [0.29, 0.717) is 0 Å². The van der Waals surface area contributed by atoms with Gasteiger partial charge in [-0.25, -0.2) is 0 Å². The SMILES string of the molecule is C=Cc1ccc(C[Si](Cl)(Cc2ccc(C=C)cc2)c2ccccc2)cc1. The van der Waals surface area contributed by atoms with Crippen molar-refractivity contribution in [3.8, 4) is 0 Å². The Balaban J connectivity index is 1.92. The average Bonchev–Trinajstić information content (AvgIpc) is 2.70. The van der Waals surface area contributed by atoms with Gasteiger partial charge in [-0.05, 0) is 39.5 Å². The Morgan fingerprint density at radius 1 is 0.654 bits per heavy atom. The highest BCUT2D eigenvalue weighted by atomic mass is 35.6. The van der Waals surface area contributed by atoms with E-state index in [-0.39, 0.29) is 0 Å². The van der Waals surface area contributed by atoms with Crippen LogP contribution in [0.25, 0.3) is 12.2 Å². The van der Waals surface area contributed by atoms with Crippen molar-refractivity contribution in [3.63, 3.8) is 0 Å². The molecule has 3 aromatic carbocycles. The molecule has 0 radical (unpaired) electrons. The molecule has 0 saturated heterocycles. The Morgan fingerprint density at radius 2 is 1.08 bits per heavy atom. The first kappa shape index (κ1) is 18.4. The maximum atomic E-state index is 7.38. The lowest BCUT2D eigenvalue weighted by Gasteiger charge is -2.26. The van der Waals surface area contributed by atoms with Crippen LogP contribution in [-0.4, -0.2) is 7.38 Å². The summed E-state index contributed by atoms with van der Waals surface area (Å²) < 4.78 is 0. The van der Waals surface area contributed by atoms with Gasteiger partial charge >= 0.3 is 0 Å². The molecule has 0 aliphatic heterocycles. The molecule has 0 nitrogen and oxygen atoms in total. The standard InChI is InChI=1S/C24H23ClSi/c1-3-20-10-14-22(15-11-20)18-26(25,24-8-6-5-7-9-24)19-23-16-12-21(4-2)13-17-23/h3-17H,1-2,18-19H2. The quantitative estimate of drug-likeness (QED) is 0.355. The zero-order valence-corrected chi connectivity index (χ0v) is 16.6. The van der Waals surface area contributed by atoms with Crippen molar-refractivity contribution in [2.75, 3.05) is 0 Å². The van der Waals surface area contributed by atoms with Gasteiger partial charge in [0, 0.05) is 0 Å². The van der Waals surface area contributed by atoms with Crippen molar-refractivity contribution >= 4 is 35.8 Å². The van der Waals surface area contributed by atoms with E-state index in [4.69, 9.17) is 11.1 Å². The average molecular weight is 375 g/mol. The van der Waals surface area contributed by atoms with Crippen LogP contribution in [-0.2, 0) is 12.1 Å². The fourth-order valence-corrected chi connectivity index (χ4v) is 7.59. The number of hydrogen-bond acceptors (Lipinski definition) is 0. The van der Waals surface area contributed by atoms with Gasteiger partial charge in [0.05, 0.1) is 0 Å². The molecule has 0 fully saturated rings. The third-order valence-electron chi connectivity index (χ3n) is 4.69. The van der Waals surface area contributed by atoms with Gasteiger partial charge < -0.3 is 0 Å². The molecule has 0 bridgehead atoms. The van der Waals surface area contributed by atoms with Gasteiger partial charge in [0.25, 0.3) is 0 Å². The van der Waals surface area contributed by atoms with Crippen LogP contribution in [0.2, 0.25) is 0 Å². The van der Waals surface area contributed by atoms with Crippen LogP contribution < -0.4 is 5.19 Å². The molecule has 0 N–H and O–H groups in total. The highest BCUT2D eigenvalue weighted by Crippen LogP contribution is 2.23. The third kappa shape index (κ3) is 4.43. The lowest BCUT2D eigenvalue weighted by molar-refractivity contribution is 1.26.